The number of para-hydroxylation sites is 1. The third kappa shape index (κ3) is 4.22. The Labute approximate surface area is 178 Å². The van der Waals surface area contributed by atoms with Gasteiger partial charge in [-0.05, 0) is 45.3 Å². The molecule has 156 valence electrons. The molecule has 0 unspecified atom stereocenters. The predicted molar refractivity (Wildman–Crippen MR) is 123 cm³/mol. The van der Waals surface area contributed by atoms with Gasteiger partial charge in [0.05, 0.1) is 18.3 Å². The fourth-order valence-corrected chi connectivity index (χ4v) is 5.68. The molecule has 0 aliphatic heterocycles. The van der Waals surface area contributed by atoms with Crippen LogP contribution in [-0.4, -0.2) is 35.7 Å². The summed E-state index contributed by atoms with van der Waals surface area (Å²) in [6.45, 7) is 4.20. The molecule has 2 heterocycles. The SMILES string of the molecule is CCc1sc(-c2cn(CC3CCCCC3)c3c(OC)cccc23)nc1CN(C)C. The lowest BCUT2D eigenvalue weighted by atomic mass is 9.89. The van der Waals surface area contributed by atoms with Gasteiger partial charge in [0.15, 0.2) is 0 Å². The molecule has 4 rings (SSSR count). The molecular formula is C24H33N3OS. The second kappa shape index (κ2) is 8.88. The van der Waals surface area contributed by atoms with E-state index in [0.29, 0.717) is 0 Å². The maximum Gasteiger partial charge on any atom is 0.143 e. The van der Waals surface area contributed by atoms with Crippen molar-refractivity contribution in [2.45, 2.75) is 58.5 Å². The molecule has 29 heavy (non-hydrogen) atoms. The largest absolute Gasteiger partial charge is 0.495 e. The Kier molecular flexibility index (Phi) is 6.26. The summed E-state index contributed by atoms with van der Waals surface area (Å²) in [4.78, 5) is 8.67. The topological polar surface area (TPSA) is 30.3 Å². The van der Waals surface area contributed by atoms with E-state index in [1.165, 1.54) is 59.1 Å². The van der Waals surface area contributed by atoms with Gasteiger partial charge in [-0.25, -0.2) is 4.98 Å². The highest BCUT2D eigenvalue weighted by Gasteiger charge is 2.21. The summed E-state index contributed by atoms with van der Waals surface area (Å²) >= 11 is 1.85. The molecule has 1 fully saturated rings. The molecule has 1 saturated carbocycles. The highest BCUT2D eigenvalue weighted by Crippen LogP contribution is 2.39. The van der Waals surface area contributed by atoms with Crippen LogP contribution < -0.4 is 4.74 Å². The number of fused-ring (bicyclic) bond motifs is 1. The summed E-state index contributed by atoms with van der Waals surface area (Å²) in [5.74, 6) is 1.73. The predicted octanol–water partition coefficient (Wildman–Crippen LogP) is 5.98. The Balaban J connectivity index is 1.79. The van der Waals surface area contributed by atoms with E-state index in [0.717, 1.165) is 36.2 Å². The van der Waals surface area contributed by atoms with Crippen LogP contribution in [0.5, 0.6) is 5.75 Å². The Morgan fingerprint density at radius 2 is 2.00 bits per heavy atom. The van der Waals surface area contributed by atoms with Gasteiger partial charge < -0.3 is 14.2 Å². The molecule has 0 spiro atoms. The number of benzene rings is 1. The summed E-state index contributed by atoms with van der Waals surface area (Å²) in [5, 5.41) is 2.40. The number of ether oxygens (including phenoxy) is 1. The zero-order valence-electron chi connectivity index (χ0n) is 18.2. The monoisotopic (exact) mass is 411 g/mol. The van der Waals surface area contributed by atoms with Gasteiger partial charge in [-0.3, -0.25) is 0 Å². The lowest BCUT2D eigenvalue weighted by Gasteiger charge is -2.22. The highest BCUT2D eigenvalue weighted by atomic mass is 32.1. The summed E-state index contributed by atoms with van der Waals surface area (Å²) in [6, 6.07) is 6.41. The molecule has 0 bridgehead atoms. The first-order valence-electron chi connectivity index (χ1n) is 10.9. The van der Waals surface area contributed by atoms with Crippen molar-refractivity contribution in [3.8, 4) is 16.3 Å². The highest BCUT2D eigenvalue weighted by molar-refractivity contribution is 7.15. The Morgan fingerprint density at radius 3 is 2.69 bits per heavy atom. The van der Waals surface area contributed by atoms with Crippen LogP contribution >= 0.6 is 11.3 Å². The average Bonchev–Trinajstić information content (AvgIpc) is 3.29. The minimum absolute atomic E-state index is 0.768. The quantitative estimate of drug-likeness (QED) is 0.479. The van der Waals surface area contributed by atoms with Gasteiger partial charge >= 0.3 is 0 Å². The van der Waals surface area contributed by atoms with E-state index >= 15 is 0 Å². The van der Waals surface area contributed by atoms with Crippen molar-refractivity contribution in [1.82, 2.24) is 14.5 Å². The minimum atomic E-state index is 0.768. The third-order valence-corrected chi connectivity index (χ3v) is 7.33. The standard InChI is InChI=1S/C24H33N3OS/c1-5-22-20(16-26(2)3)25-24(29-22)19-15-27(14-17-10-7-6-8-11-17)23-18(19)12-9-13-21(23)28-4/h9,12-13,15,17H,5-8,10-11,14,16H2,1-4H3. The molecule has 3 aromatic rings. The van der Waals surface area contributed by atoms with Gasteiger partial charge in [0.2, 0.25) is 0 Å². The molecule has 0 atom stereocenters. The fraction of sp³-hybridized carbons (Fsp3) is 0.542. The Hall–Kier alpha value is -1.85. The second-order valence-electron chi connectivity index (χ2n) is 8.54. The smallest absolute Gasteiger partial charge is 0.143 e. The number of hydrogen-bond acceptors (Lipinski definition) is 4. The van der Waals surface area contributed by atoms with Crippen LogP contribution in [-0.2, 0) is 19.5 Å². The second-order valence-corrected chi connectivity index (χ2v) is 9.62. The van der Waals surface area contributed by atoms with Gasteiger partial charge in [-0.15, -0.1) is 11.3 Å². The average molecular weight is 412 g/mol. The number of hydrogen-bond donors (Lipinski definition) is 0. The van der Waals surface area contributed by atoms with Crippen LogP contribution in [0.25, 0.3) is 21.5 Å². The maximum absolute atomic E-state index is 5.76. The van der Waals surface area contributed by atoms with Crippen molar-refractivity contribution in [1.29, 1.82) is 0 Å². The van der Waals surface area contributed by atoms with Gasteiger partial charge in [-0.1, -0.05) is 38.3 Å². The molecule has 2 aromatic heterocycles. The lowest BCUT2D eigenvalue weighted by molar-refractivity contribution is 0.321. The van der Waals surface area contributed by atoms with Gasteiger partial charge in [0, 0.05) is 35.1 Å². The molecule has 0 radical (unpaired) electrons. The van der Waals surface area contributed by atoms with Crippen molar-refractivity contribution < 1.29 is 4.74 Å². The number of rotatable bonds is 7. The molecule has 0 N–H and O–H groups in total. The van der Waals surface area contributed by atoms with Gasteiger partial charge in [0.25, 0.3) is 0 Å². The number of thiazole rings is 1. The van der Waals surface area contributed by atoms with Crippen LogP contribution in [0, 0.1) is 5.92 Å². The first-order valence-corrected chi connectivity index (χ1v) is 11.7. The first-order chi connectivity index (χ1) is 14.1. The fourth-order valence-electron chi connectivity index (χ4n) is 4.65. The molecule has 0 amide bonds. The van der Waals surface area contributed by atoms with Crippen LogP contribution in [0.3, 0.4) is 0 Å². The van der Waals surface area contributed by atoms with E-state index in [-0.39, 0.29) is 0 Å². The van der Waals surface area contributed by atoms with Crippen LogP contribution in [0.4, 0.5) is 0 Å². The van der Waals surface area contributed by atoms with Crippen LogP contribution in [0.1, 0.15) is 49.6 Å². The zero-order valence-corrected chi connectivity index (χ0v) is 19.0. The Bertz CT molecular complexity index is 966. The number of nitrogens with zero attached hydrogens (tertiary/aromatic N) is 3. The summed E-state index contributed by atoms with van der Waals surface area (Å²) < 4.78 is 8.21. The lowest BCUT2D eigenvalue weighted by Crippen LogP contribution is -2.13. The number of methoxy groups -OCH3 is 1. The maximum atomic E-state index is 5.76. The summed E-state index contributed by atoms with van der Waals surface area (Å²) in [7, 11) is 6.00. The van der Waals surface area contributed by atoms with E-state index in [4.69, 9.17) is 9.72 Å². The van der Waals surface area contributed by atoms with Crippen molar-refractivity contribution in [2.24, 2.45) is 5.92 Å². The van der Waals surface area contributed by atoms with E-state index in [1.807, 2.05) is 11.3 Å². The molecule has 1 aliphatic rings. The molecule has 0 saturated heterocycles. The van der Waals surface area contributed by atoms with E-state index < -0.39 is 0 Å². The molecule has 5 heteroatoms. The first kappa shape index (κ1) is 20.4. The Morgan fingerprint density at radius 1 is 1.21 bits per heavy atom. The van der Waals surface area contributed by atoms with E-state index in [2.05, 4.69) is 54.9 Å². The van der Waals surface area contributed by atoms with E-state index in [9.17, 15) is 0 Å². The van der Waals surface area contributed by atoms with Crippen molar-refractivity contribution in [2.75, 3.05) is 21.2 Å². The molecule has 1 aliphatic carbocycles. The van der Waals surface area contributed by atoms with Crippen LogP contribution in [0.2, 0.25) is 0 Å². The molecule has 4 nitrogen and oxygen atoms in total. The molecule has 1 aromatic carbocycles. The van der Waals surface area contributed by atoms with Crippen molar-refractivity contribution in [3.63, 3.8) is 0 Å². The van der Waals surface area contributed by atoms with Crippen molar-refractivity contribution >= 4 is 22.2 Å². The summed E-state index contributed by atoms with van der Waals surface area (Å²) in [5.41, 5.74) is 3.69. The number of aromatic nitrogens is 2. The normalized spacial score (nSPS) is 15.5. The van der Waals surface area contributed by atoms with Gasteiger partial charge in [-0.2, -0.15) is 0 Å². The number of aryl methyl sites for hydroxylation is 1. The van der Waals surface area contributed by atoms with Crippen molar-refractivity contribution in [3.05, 3.63) is 35.0 Å². The van der Waals surface area contributed by atoms with Crippen LogP contribution in [0.15, 0.2) is 24.4 Å². The molecular weight excluding hydrogens is 378 g/mol. The van der Waals surface area contributed by atoms with E-state index in [1.54, 1.807) is 7.11 Å². The summed E-state index contributed by atoms with van der Waals surface area (Å²) in [6.07, 6.45) is 10.2. The third-order valence-electron chi connectivity index (χ3n) is 6.06. The minimum Gasteiger partial charge on any atom is -0.495 e. The van der Waals surface area contributed by atoms with Gasteiger partial charge in [0.1, 0.15) is 10.8 Å². The zero-order chi connectivity index (χ0) is 20.4.